The van der Waals surface area contributed by atoms with Crippen molar-refractivity contribution >= 4 is 5.96 Å². The first-order valence-corrected chi connectivity index (χ1v) is 10.00. The first-order chi connectivity index (χ1) is 12.3. The maximum absolute atomic E-state index is 4.62. The van der Waals surface area contributed by atoms with Gasteiger partial charge in [-0.25, -0.2) is 0 Å². The quantitative estimate of drug-likeness (QED) is 0.624. The largest absolute Gasteiger partial charge is 0.356 e. The first kappa shape index (κ1) is 20.7. The lowest BCUT2D eigenvalue weighted by Gasteiger charge is -2.36. The molecule has 0 bridgehead atoms. The Bertz CT molecular complexity index is 589. The number of hydrogen-bond acceptors (Lipinski definition) is 3. The van der Waals surface area contributed by atoms with Crippen molar-refractivity contribution in [1.29, 1.82) is 0 Å². The van der Waals surface area contributed by atoms with Gasteiger partial charge in [0.1, 0.15) is 0 Å². The van der Waals surface area contributed by atoms with Crippen molar-refractivity contribution in [2.24, 2.45) is 18.0 Å². The van der Waals surface area contributed by atoms with Crippen LogP contribution in [0.15, 0.2) is 11.2 Å². The second kappa shape index (κ2) is 9.40. The van der Waals surface area contributed by atoms with Gasteiger partial charge in [0.05, 0.1) is 5.69 Å². The third kappa shape index (κ3) is 5.47. The molecule has 1 atom stereocenters. The van der Waals surface area contributed by atoms with Crippen LogP contribution in [0, 0.1) is 5.92 Å². The number of aryl methyl sites for hydroxylation is 1. The predicted octanol–water partition coefficient (Wildman–Crippen LogP) is 2.67. The SMILES string of the molecule is CN=C(NCC1CCCN(C(C)C)C1)N(C)Cc1cn(C)nc1C(C)C. The van der Waals surface area contributed by atoms with Crippen molar-refractivity contribution in [2.45, 2.75) is 59.0 Å². The van der Waals surface area contributed by atoms with Crippen LogP contribution >= 0.6 is 0 Å². The van der Waals surface area contributed by atoms with E-state index in [1.807, 2.05) is 18.8 Å². The number of aliphatic imine (C=N–C) groups is 1. The monoisotopic (exact) mass is 362 g/mol. The number of aromatic nitrogens is 2. The van der Waals surface area contributed by atoms with Crippen LogP contribution in [0.1, 0.15) is 57.7 Å². The zero-order chi connectivity index (χ0) is 19.3. The fourth-order valence-corrected chi connectivity index (χ4v) is 3.85. The second-order valence-electron chi connectivity index (χ2n) is 8.25. The molecule has 6 nitrogen and oxygen atoms in total. The van der Waals surface area contributed by atoms with E-state index >= 15 is 0 Å². The molecule has 2 heterocycles. The molecule has 6 heteroatoms. The molecule has 0 aliphatic carbocycles. The van der Waals surface area contributed by atoms with Gasteiger partial charge in [0.25, 0.3) is 0 Å². The molecular formula is C20H38N6. The lowest BCUT2D eigenvalue weighted by molar-refractivity contribution is 0.140. The smallest absolute Gasteiger partial charge is 0.193 e. The van der Waals surface area contributed by atoms with E-state index in [1.54, 1.807) is 0 Å². The van der Waals surface area contributed by atoms with Crippen molar-refractivity contribution in [3.63, 3.8) is 0 Å². The number of piperidine rings is 1. The lowest BCUT2D eigenvalue weighted by atomic mass is 9.97. The Morgan fingerprint density at radius 3 is 2.73 bits per heavy atom. The summed E-state index contributed by atoms with van der Waals surface area (Å²) < 4.78 is 1.91. The van der Waals surface area contributed by atoms with Crippen molar-refractivity contribution < 1.29 is 0 Å². The van der Waals surface area contributed by atoms with Gasteiger partial charge in [-0.1, -0.05) is 13.8 Å². The van der Waals surface area contributed by atoms with E-state index < -0.39 is 0 Å². The van der Waals surface area contributed by atoms with Crippen LogP contribution in [-0.2, 0) is 13.6 Å². The van der Waals surface area contributed by atoms with Crippen LogP contribution in [0.4, 0.5) is 0 Å². The zero-order valence-corrected chi connectivity index (χ0v) is 17.8. The van der Waals surface area contributed by atoms with E-state index in [-0.39, 0.29) is 0 Å². The maximum Gasteiger partial charge on any atom is 0.193 e. The van der Waals surface area contributed by atoms with Crippen LogP contribution < -0.4 is 5.32 Å². The van der Waals surface area contributed by atoms with Gasteiger partial charge in [-0.2, -0.15) is 5.10 Å². The molecule has 148 valence electrons. The standard InChI is InChI=1S/C20H38N6/c1-15(2)19-18(14-25(7)23-19)13-24(6)20(21-5)22-11-17-9-8-10-26(12-17)16(3)4/h14-17H,8-13H2,1-7H3,(H,21,22). The van der Waals surface area contributed by atoms with E-state index in [1.165, 1.54) is 37.2 Å². The summed E-state index contributed by atoms with van der Waals surface area (Å²) in [4.78, 5) is 9.29. The average Bonchev–Trinajstić information content (AvgIpc) is 2.96. The Kier molecular flexibility index (Phi) is 7.50. The average molecular weight is 363 g/mol. The highest BCUT2D eigenvalue weighted by atomic mass is 15.3. The van der Waals surface area contributed by atoms with E-state index in [9.17, 15) is 0 Å². The third-order valence-corrected chi connectivity index (χ3v) is 5.29. The normalized spacial score (nSPS) is 19.4. The highest BCUT2D eigenvalue weighted by molar-refractivity contribution is 5.79. The molecule has 1 aliphatic rings. The second-order valence-corrected chi connectivity index (χ2v) is 8.25. The summed E-state index contributed by atoms with van der Waals surface area (Å²) in [5.74, 6) is 2.09. The fourth-order valence-electron chi connectivity index (χ4n) is 3.85. The summed E-state index contributed by atoms with van der Waals surface area (Å²) in [6.45, 7) is 13.2. The molecule has 0 aromatic carbocycles. The zero-order valence-electron chi connectivity index (χ0n) is 17.8. The van der Waals surface area contributed by atoms with E-state index in [4.69, 9.17) is 0 Å². The number of guanidine groups is 1. The van der Waals surface area contributed by atoms with Crippen molar-refractivity contribution in [1.82, 2.24) is 24.9 Å². The number of rotatable bonds is 6. The fraction of sp³-hybridized carbons (Fsp3) is 0.800. The summed E-state index contributed by atoms with van der Waals surface area (Å²) in [5, 5.41) is 8.21. The highest BCUT2D eigenvalue weighted by Gasteiger charge is 2.22. The molecule has 0 saturated carbocycles. The molecule has 1 aromatic rings. The number of hydrogen-bond donors (Lipinski definition) is 1. The molecule has 2 rings (SSSR count). The number of nitrogens with one attached hydrogen (secondary N) is 1. The van der Waals surface area contributed by atoms with Crippen LogP contribution in [0.3, 0.4) is 0 Å². The van der Waals surface area contributed by atoms with Crippen LogP contribution in [0.2, 0.25) is 0 Å². The Morgan fingerprint density at radius 2 is 2.12 bits per heavy atom. The van der Waals surface area contributed by atoms with Gasteiger partial charge in [0.2, 0.25) is 0 Å². The molecular weight excluding hydrogens is 324 g/mol. The van der Waals surface area contributed by atoms with Crippen molar-refractivity contribution in [3.8, 4) is 0 Å². The molecule has 0 spiro atoms. The van der Waals surface area contributed by atoms with Crippen LogP contribution in [0.25, 0.3) is 0 Å². The Morgan fingerprint density at radius 1 is 1.38 bits per heavy atom. The molecule has 1 fully saturated rings. The van der Waals surface area contributed by atoms with E-state index in [0.717, 1.165) is 19.0 Å². The molecule has 1 aliphatic heterocycles. The Labute approximate surface area is 159 Å². The first-order valence-electron chi connectivity index (χ1n) is 10.00. The van der Waals surface area contributed by atoms with Gasteiger partial charge in [-0.05, 0) is 45.1 Å². The van der Waals surface area contributed by atoms with E-state index in [2.05, 4.69) is 66.1 Å². The summed E-state index contributed by atoms with van der Waals surface area (Å²) >= 11 is 0. The molecule has 26 heavy (non-hydrogen) atoms. The molecule has 1 unspecified atom stereocenters. The summed E-state index contributed by atoms with van der Waals surface area (Å²) in [6.07, 6.45) is 4.73. The molecule has 1 saturated heterocycles. The minimum atomic E-state index is 0.429. The molecule has 0 radical (unpaired) electrons. The van der Waals surface area contributed by atoms with Gasteiger partial charge in [0, 0.05) is 58.6 Å². The highest BCUT2D eigenvalue weighted by Crippen LogP contribution is 2.19. The minimum Gasteiger partial charge on any atom is -0.356 e. The van der Waals surface area contributed by atoms with Crippen molar-refractivity contribution in [2.75, 3.05) is 33.7 Å². The van der Waals surface area contributed by atoms with Gasteiger partial charge in [0.15, 0.2) is 5.96 Å². The summed E-state index contributed by atoms with van der Waals surface area (Å²) in [5.41, 5.74) is 2.45. The van der Waals surface area contributed by atoms with Gasteiger partial charge >= 0.3 is 0 Å². The topological polar surface area (TPSA) is 48.7 Å². The molecule has 1 N–H and O–H groups in total. The van der Waals surface area contributed by atoms with Crippen LogP contribution in [0.5, 0.6) is 0 Å². The predicted molar refractivity (Wildman–Crippen MR) is 110 cm³/mol. The minimum absolute atomic E-state index is 0.429. The summed E-state index contributed by atoms with van der Waals surface area (Å²) in [6, 6.07) is 0.639. The van der Waals surface area contributed by atoms with E-state index in [0.29, 0.717) is 17.9 Å². The number of likely N-dealkylation sites (tertiary alicyclic amines) is 1. The van der Waals surface area contributed by atoms with Crippen molar-refractivity contribution in [3.05, 3.63) is 17.5 Å². The Hall–Kier alpha value is -1.56. The van der Waals surface area contributed by atoms with Gasteiger partial charge in [-0.3, -0.25) is 9.67 Å². The third-order valence-electron chi connectivity index (χ3n) is 5.29. The van der Waals surface area contributed by atoms with Crippen LogP contribution in [-0.4, -0.2) is 65.3 Å². The number of nitrogens with zero attached hydrogens (tertiary/aromatic N) is 5. The maximum atomic E-state index is 4.62. The van der Waals surface area contributed by atoms with Gasteiger partial charge < -0.3 is 15.1 Å². The lowest BCUT2D eigenvalue weighted by Crippen LogP contribution is -2.46. The van der Waals surface area contributed by atoms with Gasteiger partial charge in [-0.15, -0.1) is 0 Å². The molecule has 0 amide bonds. The summed E-state index contributed by atoms with van der Waals surface area (Å²) in [7, 11) is 5.96. The molecule has 1 aromatic heterocycles. The Balaban J connectivity index is 1.92.